The summed E-state index contributed by atoms with van der Waals surface area (Å²) in [5.41, 5.74) is 8.00. The first kappa shape index (κ1) is 17.9. The third-order valence-corrected chi connectivity index (χ3v) is 3.26. The summed E-state index contributed by atoms with van der Waals surface area (Å²) >= 11 is 0. The second kappa shape index (κ2) is 9.02. The molecular formula is C17H19IN6. The van der Waals surface area contributed by atoms with Crippen LogP contribution in [0.5, 0.6) is 0 Å². The number of nitrogens with two attached hydrogens (primary N) is 1. The minimum Gasteiger partial charge on any atom is -0.370 e. The van der Waals surface area contributed by atoms with Gasteiger partial charge in [-0.05, 0) is 36.2 Å². The lowest BCUT2D eigenvalue weighted by Gasteiger charge is -2.03. The molecule has 0 atom stereocenters. The van der Waals surface area contributed by atoms with Crippen LogP contribution < -0.4 is 11.1 Å². The molecule has 0 saturated carbocycles. The van der Waals surface area contributed by atoms with Gasteiger partial charge in [-0.2, -0.15) is 5.10 Å². The fraction of sp³-hybridized carbons (Fsp3) is 0.118. The van der Waals surface area contributed by atoms with Gasteiger partial charge in [0.1, 0.15) is 5.82 Å². The van der Waals surface area contributed by atoms with Gasteiger partial charge in [-0.1, -0.05) is 24.3 Å². The number of halogens is 1. The van der Waals surface area contributed by atoms with Crippen LogP contribution in [0, 0.1) is 0 Å². The van der Waals surface area contributed by atoms with Crippen molar-refractivity contribution in [2.75, 3.05) is 11.9 Å². The van der Waals surface area contributed by atoms with Gasteiger partial charge in [0.25, 0.3) is 0 Å². The number of hydrogen-bond donors (Lipinski definition) is 2. The molecule has 2 aromatic heterocycles. The molecule has 3 rings (SSSR count). The molecule has 0 saturated heterocycles. The first-order valence-electron chi connectivity index (χ1n) is 7.38. The molecule has 6 nitrogen and oxygen atoms in total. The standard InChI is InChI=1S/C17H18N6.HI/c18-17(22-16-8-4-5-10-19-16)20-11-9-14-12-21-23(13-14)15-6-2-1-3-7-15;/h1-8,10,12-13H,9,11H2,(H3,18,19,20,22);1H. The number of anilines is 1. The number of guanidine groups is 1. The monoisotopic (exact) mass is 434 g/mol. The Morgan fingerprint density at radius 3 is 2.67 bits per heavy atom. The summed E-state index contributed by atoms with van der Waals surface area (Å²) in [5.74, 6) is 1.05. The Morgan fingerprint density at radius 2 is 1.92 bits per heavy atom. The fourth-order valence-corrected chi connectivity index (χ4v) is 2.12. The Kier molecular flexibility index (Phi) is 6.74. The van der Waals surface area contributed by atoms with E-state index in [0.29, 0.717) is 18.3 Å². The Morgan fingerprint density at radius 1 is 1.12 bits per heavy atom. The summed E-state index contributed by atoms with van der Waals surface area (Å²) < 4.78 is 1.86. The summed E-state index contributed by atoms with van der Waals surface area (Å²) in [4.78, 5) is 8.44. The van der Waals surface area contributed by atoms with Gasteiger partial charge in [-0.25, -0.2) is 9.67 Å². The number of aromatic nitrogens is 3. The summed E-state index contributed by atoms with van der Waals surface area (Å²) in [7, 11) is 0. The summed E-state index contributed by atoms with van der Waals surface area (Å²) in [6, 6.07) is 15.6. The highest BCUT2D eigenvalue weighted by Crippen LogP contribution is 2.08. The quantitative estimate of drug-likeness (QED) is 0.368. The van der Waals surface area contributed by atoms with Crippen molar-refractivity contribution in [1.29, 1.82) is 0 Å². The van der Waals surface area contributed by atoms with E-state index in [-0.39, 0.29) is 24.0 Å². The zero-order chi connectivity index (χ0) is 15.9. The lowest BCUT2D eigenvalue weighted by atomic mass is 10.2. The van der Waals surface area contributed by atoms with Gasteiger partial charge < -0.3 is 11.1 Å². The van der Waals surface area contributed by atoms with Crippen LogP contribution in [0.2, 0.25) is 0 Å². The molecule has 0 aliphatic heterocycles. The van der Waals surface area contributed by atoms with Gasteiger partial charge in [0.2, 0.25) is 0 Å². The summed E-state index contributed by atoms with van der Waals surface area (Å²) in [6.45, 7) is 0.589. The van der Waals surface area contributed by atoms with Crippen molar-refractivity contribution in [2.45, 2.75) is 6.42 Å². The maximum Gasteiger partial charge on any atom is 0.194 e. The van der Waals surface area contributed by atoms with E-state index >= 15 is 0 Å². The van der Waals surface area contributed by atoms with Crippen LogP contribution in [-0.4, -0.2) is 27.3 Å². The number of nitrogens with one attached hydrogen (secondary N) is 1. The molecule has 2 heterocycles. The van der Waals surface area contributed by atoms with Crippen LogP contribution in [-0.2, 0) is 6.42 Å². The van der Waals surface area contributed by atoms with E-state index in [0.717, 1.165) is 17.7 Å². The number of pyridine rings is 1. The lowest BCUT2D eigenvalue weighted by molar-refractivity contribution is 0.879. The van der Waals surface area contributed by atoms with E-state index < -0.39 is 0 Å². The topological polar surface area (TPSA) is 81.1 Å². The highest BCUT2D eigenvalue weighted by atomic mass is 127. The van der Waals surface area contributed by atoms with Gasteiger partial charge in [0, 0.05) is 18.9 Å². The Balaban J connectivity index is 0.00000208. The van der Waals surface area contributed by atoms with E-state index in [1.54, 1.807) is 6.20 Å². The predicted octanol–water partition coefficient (Wildman–Crippen LogP) is 2.85. The van der Waals surface area contributed by atoms with Gasteiger partial charge in [0.05, 0.1) is 11.9 Å². The normalized spacial score (nSPS) is 10.9. The molecule has 7 heteroatoms. The smallest absolute Gasteiger partial charge is 0.194 e. The maximum absolute atomic E-state index is 5.84. The maximum atomic E-state index is 5.84. The molecule has 0 bridgehead atoms. The molecule has 0 unspecified atom stereocenters. The van der Waals surface area contributed by atoms with E-state index in [2.05, 4.69) is 20.4 Å². The lowest BCUT2D eigenvalue weighted by Crippen LogP contribution is -2.23. The van der Waals surface area contributed by atoms with Crippen LogP contribution in [0.25, 0.3) is 5.69 Å². The summed E-state index contributed by atoms with van der Waals surface area (Å²) in [5, 5.41) is 7.32. The second-order valence-corrected chi connectivity index (χ2v) is 4.99. The Hall–Kier alpha value is -2.42. The van der Waals surface area contributed by atoms with Gasteiger partial charge >= 0.3 is 0 Å². The summed E-state index contributed by atoms with van der Waals surface area (Å²) in [6.07, 6.45) is 6.34. The highest BCUT2D eigenvalue weighted by Gasteiger charge is 2.01. The minimum absolute atomic E-state index is 0. The molecule has 0 spiro atoms. The van der Waals surface area contributed by atoms with Crippen LogP contribution in [0.3, 0.4) is 0 Å². The molecular weight excluding hydrogens is 415 g/mol. The molecule has 0 fully saturated rings. The third kappa shape index (κ3) is 5.05. The number of para-hydroxylation sites is 1. The molecule has 24 heavy (non-hydrogen) atoms. The number of aliphatic imine (C=N–C) groups is 1. The molecule has 0 aliphatic carbocycles. The SMILES string of the molecule is I.NC(=NCCc1cnn(-c2ccccc2)c1)Nc1ccccn1. The molecule has 0 amide bonds. The van der Waals surface area contributed by atoms with Gasteiger partial charge in [-0.15, -0.1) is 24.0 Å². The molecule has 0 aliphatic rings. The van der Waals surface area contributed by atoms with Crippen molar-refractivity contribution in [2.24, 2.45) is 10.7 Å². The van der Waals surface area contributed by atoms with E-state index in [1.807, 2.05) is 65.6 Å². The number of benzene rings is 1. The number of rotatable bonds is 5. The van der Waals surface area contributed by atoms with Crippen molar-refractivity contribution >= 4 is 35.8 Å². The van der Waals surface area contributed by atoms with Crippen molar-refractivity contribution in [1.82, 2.24) is 14.8 Å². The average Bonchev–Trinajstić information content (AvgIpc) is 3.05. The highest BCUT2D eigenvalue weighted by molar-refractivity contribution is 14.0. The second-order valence-electron chi connectivity index (χ2n) is 4.99. The van der Waals surface area contributed by atoms with Crippen molar-refractivity contribution in [3.63, 3.8) is 0 Å². The third-order valence-electron chi connectivity index (χ3n) is 3.26. The zero-order valence-electron chi connectivity index (χ0n) is 13.0. The molecule has 3 N–H and O–H groups in total. The van der Waals surface area contributed by atoms with E-state index in [1.165, 1.54) is 0 Å². The van der Waals surface area contributed by atoms with Crippen LogP contribution >= 0.6 is 24.0 Å². The molecule has 1 aromatic carbocycles. The average molecular weight is 434 g/mol. The number of nitrogens with zero attached hydrogens (tertiary/aromatic N) is 4. The van der Waals surface area contributed by atoms with Gasteiger partial charge in [0.15, 0.2) is 5.96 Å². The van der Waals surface area contributed by atoms with Crippen LogP contribution in [0.15, 0.2) is 72.1 Å². The van der Waals surface area contributed by atoms with Crippen molar-refractivity contribution in [3.05, 3.63) is 72.7 Å². The Bertz CT molecular complexity index is 770. The molecule has 124 valence electrons. The van der Waals surface area contributed by atoms with Crippen molar-refractivity contribution in [3.8, 4) is 5.69 Å². The first-order valence-corrected chi connectivity index (χ1v) is 7.38. The molecule has 3 aromatic rings. The Labute approximate surface area is 157 Å². The van der Waals surface area contributed by atoms with E-state index in [9.17, 15) is 0 Å². The number of hydrogen-bond acceptors (Lipinski definition) is 3. The first-order chi connectivity index (χ1) is 11.3. The fourth-order valence-electron chi connectivity index (χ4n) is 2.12. The largest absolute Gasteiger partial charge is 0.370 e. The molecule has 0 radical (unpaired) electrons. The zero-order valence-corrected chi connectivity index (χ0v) is 15.4. The van der Waals surface area contributed by atoms with Crippen LogP contribution in [0.1, 0.15) is 5.56 Å². The minimum atomic E-state index is 0. The van der Waals surface area contributed by atoms with Crippen LogP contribution in [0.4, 0.5) is 5.82 Å². The predicted molar refractivity (Wildman–Crippen MR) is 107 cm³/mol. The van der Waals surface area contributed by atoms with E-state index in [4.69, 9.17) is 5.73 Å². The van der Waals surface area contributed by atoms with Crippen molar-refractivity contribution < 1.29 is 0 Å². The van der Waals surface area contributed by atoms with Gasteiger partial charge in [-0.3, -0.25) is 4.99 Å².